The van der Waals surface area contributed by atoms with Gasteiger partial charge in [-0.05, 0) is 56.1 Å². The summed E-state index contributed by atoms with van der Waals surface area (Å²) >= 11 is 0. The summed E-state index contributed by atoms with van der Waals surface area (Å²) in [5, 5.41) is 3.56. The molecule has 0 spiro atoms. The van der Waals surface area contributed by atoms with Crippen molar-refractivity contribution < 1.29 is 0 Å². The van der Waals surface area contributed by atoms with Gasteiger partial charge < -0.3 is 5.32 Å². The van der Waals surface area contributed by atoms with Crippen molar-refractivity contribution in [1.82, 2.24) is 9.97 Å². The number of hydrogen-bond acceptors (Lipinski definition) is 3. The van der Waals surface area contributed by atoms with E-state index in [1.807, 2.05) is 6.92 Å². The average Bonchev–Trinajstić information content (AvgIpc) is 3.00. The lowest BCUT2D eigenvalue weighted by molar-refractivity contribution is 0.717. The quantitative estimate of drug-likeness (QED) is 0.935. The monoisotopic (exact) mass is 279 g/mol. The molecule has 3 heteroatoms. The predicted molar refractivity (Wildman–Crippen MR) is 84.6 cm³/mol. The highest BCUT2D eigenvalue weighted by Crippen LogP contribution is 2.61. The molecule has 1 fully saturated rings. The molecule has 108 valence electrons. The first-order valence-electron chi connectivity index (χ1n) is 7.78. The molecule has 4 rings (SSSR count). The third kappa shape index (κ3) is 2.03. The predicted octanol–water partition coefficient (Wildman–Crippen LogP) is 3.40. The number of nitrogens with one attached hydrogen (secondary N) is 1. The fraction of sp³-hybridized carbons (Fsp3) is 0.444. The lowest BCUT2D eigenvalue weighted by Gasteiger charge is -2.12. The average molecular weight is 279 g/mol. The summed E-state index contributed by atoms with van der Waals surface area (Å²) in [5.74, 6) is 4.26. The molecular weight excluding hydrogens is 258 g/mol. The van der Waals surface area contributed by atoms with Crippen molar-refractivity contribution in [3.63, 3.8) is 0 Å². The van der Waals surface area contributed by atoms with Gasteiger partial charge in [-0.2, -0.15) is 0 Å². The summed E-state index contributed by atoms with van der Waals surface area (Å²) in [6.07, 6.45) is 1.26. The van der Waals surface area contributed by atoms with Crippen LogP contribution in [0.2, 0.25) is 0 Å². The minimum atomic E-state index is 0.773. The number of benzene rings is 1. The first kappa shape index (κ1) is 12.8. The highest BCUT2D eigenvalue weighted by molar-refractivity contribution is 5.48. The van der Waals surface area contributed by atoms with Crippen molar-refractivity contribution in [1.29, 1.82) is 0 Å². The number of aromatic nitrogens is 2. The Balaban J connectivity index is 1.47. The summed E-state index contributed by atoms with van der Waals surface area (Å²) in [6, 6.07) is 8.93. The number of rotatable bonds is 3. The second-order valence-electron chi connectivity index (χ2n) is 6.47. The van der Waals surface area contributed by atoms with Gasteiger partial charge in [-0.1, -0.05) is 24.3 Å². The van der Waals surface area contributed by atoms with Crippen LogP contribution in [0.3, 0.4) is 0 Å². The topological polar surface area (TPSA) is 37.8 Å². The normalized spacial score (nSPS) is 25.4. The largest absolute Gasteiger partial charge is 0.369 e. The lowest BCUT2D eigenvalue weighted by atomic mass is 10.0. The van der Waals surface area contributed by atoms with E-state index in [1.165, 1.54) is 12.0 Å². The van der Waals surface area contributed by atoms with E-state index < -0.39 is 0 Å². The summed E-state index contributed by atoms with van der Waals surface area (Å²) in [5.41, 5.74) is 5.40. The molecule has 1 N–H and O–H groups in total. The molecule has 3 nitrogen and oxygen atoms in total. The van der Waals surface area contributed by atoms with Gasteiger partial charge in [-0.15, -0.1) is 0 Å². The maximum Gasteiger partial charge on any atom is 0.132 e. The Morgan fingerprint density at radius 2 is 1.95 bits per heavy atom. The number of hydrogen-bond donors (Lipinski definition) is 1. The second kappa shape index (κ2) is 4.55. The van der Waals surface area contributed by atoms with Crippen molar-refractivity contribution in [3.05, 3.63) is 52.5 Å². The van der Waals surface area contributed by atoms with E-state index in [1.54, 1.807) is 11.1 Å². The molecule has 0 saturated heterocycles. The van der Waals surface area contributed by atoms with Gasteiger partial charge in [0.05, 0.1) is 0 Å². The van der Waals surface area contributed by atoms with E-state index in [0.29, 0.717) is 0 Å². The molecule has 3 atom stereocenters. The van der Waals surface area contributed by atoms with Crippen molar-refractivity contribution in [2.24, 2.45) is 11.8 Å². The van der Waals surface area contributed by atoms with Gasteiger partial charge in [0, 0.05) is 17.8 Å². The van der Waals surface area contributed by atoms with Crippen molar-refractivity contribution in [2.75, 3.05) is 11.9 Å². The number of anilines is 1. The molecule has 21 heavy (non-hydrogen) atoms. The minimum absolute atomic E-state index is 0.773. The van der Waals surface area contributed by atoms with Crippen LogP contribution in [0.15, 0.2) is 24.3 Å². The van der Waals surface area contributed by atoms with Gasteiger partial charge in [0.1, 0.15) is 11.6 Å². The van der Waals surface area contributed by atoms with E-state index in [2.05, 4.69) is 53.4 Å². The van der Waals surface area contributed by atoms with E-state index >= 15 is 0 Å². The Kier molecular flexibility index (Phi) is 2.78. The number of fused-ring (bicyclic) bond motifs is 3. The van der Waals surface area contributed by atoms with Gasteiger partial charge in [-0.25, -0.2) is 9.97 Å². The van der Waals surface area contributed by atoms with Crippen LogP contribution in [0.1, 0.15) is 34.1 Å². The zero-order valence-corrected chi connectivity index (χ0v) is 12.9. The van der Waals surface area contributed by atoms with Crippen LogP contribution >= 0.6 is 0 Å². The van der Waals surface area contributed by atoms with E-state index in [9.17, 15) is 0 Å². The first-order chi connectivity index (χ1) is 10.1. The van der Waals surface area contributed by atoms with E-state index in [-0.39, 0.29) is 0 Å². The number of nitrogens with zero attached hydrogens (tertiary/aromatic N) is 2. The summed E-state index contributed by atoms with van der Waals surface area (Å²) in [6.45, 7) is 7.14. The van der Waals surface area contributed by atoms with E-state index in [0.717, 1.165) is 41.6 Å². The fourth-order valence-corrected chi connectivity index (χ4v) is 3.92. The van der Waals surface area contributed by atoms with Gasteiger partial charge in [0.2, 0.25) is 0 Å². The van der Waals surface area contributed by atoms with Crippen molar-refractivity contribution >= 4 is 5.82 Å². The Hall–Kier alpha value is -1.90. The van der Waals surface area contributed by atoms with Crippen LogP contribution in [0, 0.1) is 32.6 Å². The Labute approximate surface area is 125 Å². The standard InChI is InChI=1S/C18H21N3/c1-10-11(2)20-12(3)21-18(10)19-9-16-15-8-13-6-4-5-7-14(13)17(15)16/h4-7,15-17H,8-9H2,1-3H3,(H,19,20,21). The SMILES string of the molecule is Cc1nc(C)c(C)c(NCC2C3Cc4ccccc4C23)n1. The molecule has 0 radical (unpaired) electrons. The molecule has 0 aliphatic heterocycles. The molecule has 1 aromatic carbocycles. The molecule has 2 aromatic rings. The molecule has 1 saturated carbocycles. The Morgan fingerprint density at radius 3 is 2.81 bits per heavy atom. The van der Waals surface area contributed by atoms with Crippen LogP contribution in [0.4, 0.5) is 5.82 Å². The minimum Gasteiger partial charge on any atom is -0.369 e. The molecular formula is C18H21N3. The van der Waals surface area contributed by atoms with Gasteiger partial charge in [0.15, 0.2) is 0 Å². The first-order valence-corrected chi connectivity index (χ1v) is 7.78. The highest BCUT2D eigenvalue weighted by Gasteiger charge is 2.54. The molecule has 0 bridgehead atoms. The molecule has 2 aliphatic carbocycles. The highest BCUT2D eigenvalue weighted by atomic mass is 15.0. The smallest absolute Gasteiger partial charge is 0.132 e. The molecule has 1 heterocycles. The van der Waals surface area contributed by atoms with Gasteiger partial charge in [-0.3, -0.25) is 0 Å². The van der Waals surface area contributed by atoms with Gasteiger partial charge >= 0.3 is 0 Å². The van der Waals surface area contributed by atoms with E-state index in [4.69, 9.17) is 0 Å². The zero-order valence-electron chi connectivity index (χ0n) is 12.9. The molecule has 1 aromatic heterocycles. The molecule has 0 amide bonds. The third-order valence-electron chi connectivity index (χ3n) is 5.21. The summed E-state index contributed by atoms with van der Waals surface area (Å²) in [7, 11) is 0. The third-order valence-corrected chi connectivity index (χ3v) is 5.21. The molecule has 2 aliphatic rings. The van der Waals surface area contributed by atoms with Crippen LogP contribution in [0.5, 0.6) is 0 Å². The lowest BCUT2D eigenvalue weighted by Crippen LogP contribution is -2.12. The van der Waals surface area contributed by atoms with Crippen LogP contribution in [-0.4, -0.2) is 16.5 Å². The second-order valence-corrected chi connectivity index (χ2v) is 6.47. The maximum absolute atomic E-state index is 4.55. The summed E-state index contributed by atoms with van der Waals surface area (Å²) < 4.78 is 0. The Bertz CT molecular complexity index is 708. The fourth-order valence-electron chi connectivity index (χ4n) is 3.92. The maximum atomic E-state index is 4.55. The number of aryl methyl sites for hydroxylation is 2. The van der Waals surface area contributed by atoms with Crippen LogP contribution < -0.4 is 5.32 Å². The Morgan fingerprint density at radius 1 is 1.14 bits per heavy atom. The van der Waals surface area contributed by atoms with Crippen LogP contribution in [0.25, 0.3) is 0 Å². The van der Waals surface area contributed by atoms with Crippen molar-refractivity contribution in [2.45, 2.75) is 33.1 Å². The summed E-state index contributed by atoms with van der Waals surface area (Å²) in [4.78, 5) is 8.96. The van der Waals surface area contributed by atoms with Crippen molar-refractivity contribution in [3.8, 4) is 0 Å². The molecule has 3 unspecified atom stereocenters. The zero-order chi connectivity index (χ0) is 14.6. The van der Waals surface area contributed by atoms with Gasteiger partial charge in [0.25, 0.3) is 0 Å². The van der Waals surface area contributed by atoms with Crippen LogP contribution in [-0.2, 0) is 6.42 Å².